The number of aromatic amines is 1. The molecular weight excluding hydrogens is 147 g/mol. The number of halogens is 1. The van der Waals surface area contributed by atoms with Crippen LogP contribution in [-0.2, 0) is 0 Å². The summed E-state index contributed by atoms with van der Waals surface area (Å²) >= 11 is 0. The zero-order valence-corrected chi connectivity index (χ0v) is 6.39. The van der Waals surface area contributed by atoms with E-state index < -0.39 is 5.95 Å². The fraction of sp³-hybridized carbons (Fsp3) is 0.286. The number of nitrogens with one attached hydrogen (secondary N) is 1. The van der Waals surface area contributed by atoms with Crippen LogP contribution in [0.2, 0.25) is 0 Å². The molecule has 0 unspecified atom stereocenters. The van der Waals surface area contributed by atoms with Gasteiger partial charge in [0.25, 0.3) is 5.91 Å². The minimum Gasteiger partial charge on any atom is -0.344 e. The molecule has 0 saturated carbocycles. The molecule has 0 aliphatic rings. The molecule has 3 nitrogen and oxygen atoms in total. The van der Waals surface area contributed by atoms with Crippen LogP contribution in [0.5, 0.6) is 0 Å². The Morgan fingerprint density at radius 2 is 2.18 bits per heavy atom. The van der Waals surface area contributed by atoms with E-state index in [1.54, 1.807) is 14.1 Å². The first-order valence-corrected chi connectivity index (χ1v) is 3.17. The first-order valence-electron chi connectivity index (χ1n) is 3.17. The van der Waals surface area contributed by atoms with Gasteiger partial charge in [-0.2, -0.15) is 4.39 Å². The van der Waals surface area contributed by atoms with E-state index >= 15 is 0 Å². The Morgan fingerprint density at radius 1 is 1.55 bits per heavy atom. The van der Waals surface area contributed by atoms with Gasteiger partial charge in [-0.1, -0.05) is 0 Å². The van der Waals surface area contributed by atoms with Crippen LogP contribution >= 0.6 is 0 Å². The van der Waals surface area contributed by atoms with E-state index in [1.807, 2.05) is 0 Å². The summed E-state index contributed by atoms with van der Waals surface area (Å²) in [5.41, 5.74) is 0.271. The van der Waals surface area contributed by atoms with Crippen LogP contribution in [0.15, 0.2) is 12.1 Å². The number of aromatic nitrogens is 1. The number of nitrogens with zero attached hydrogens (tertiary/aromatic N) is 1. The molecule has 60 valence electrons. The normalized spacial score (nSPS) is 9.73. The lowest BCUT2D eigenvalue weighted by Crippen LogP contribution is -2.21. The Balaban J connectivity index is 2.85. The van der Waals surface area contributed by atoms with Crippen LogP contribution in [-0.4, -0.2) is 29.9 Å². The number of H-pyrrole nitrogens is 1. The maximum Gasteiger partial charge on any atom is 0.269 e. The van der Waals surface area contributed by atoms with Crippen LogP contribution in [0.4, 0.5) is 4.39 Å². The molecule has 1 rings (SSSR count). The first kappa shape index (κ1) is 7.78. The summed E-state index contributed by atoms with van der Waals surface area (Å²) in [6, 6.07) is 2.63. The summed E-state index contributed by atoms with van der Waals surface area (Å²) in [5, 5.41) is 0. The Kier molecular flexibility index (Phi) is 1.94. The SMILES string of the molecule is CN(C)C(=O)c1ccc(F)[nH]1. The number of hydrogen-bond acceptors (Lipinski definition) is 1. The van der Waals surface area contributed by atoms with E-state index in [1.165, 1.54) is 17.0 Å². The van der Waals surface area contributed by atoms with Gasteiger partial charge in [-0.25, -0.2) is 0 Å². The highest BCUT2D eigenvalue weighted by molar-refractivity contribution is 5.91. The largest absolute Gasteiger partial charge is 0.344 e. The van der Waals surface area contributed by atoms with E-state index in [2.05, 4.69) is 4.98 Å². The number of carbonyl (C=O) groups is 1. The molecule has 0 bridgehead atoms. The van der Waals surface area contributed by atoms with Gasteiger partial charge in [0.05, 0.1) is 0 Å². The Morgan fingerprint density at radius 3 is 2.55 bits per heavy atom. The smallest absolute Gasteiger partial charge is 0.269 e. The molecule has 11 heavy (non-hydrogen) atoms. The van der Waals surface area contributed by atoms with Crippen molar-refractivity contribution < 1.29 is 9.18 Å². The first-order chi connectivity index (χ1) is 5.11. The minimum absolute atomic E-state index is 0.228. The molecule has 0 aromatic carbocycles. The van der Waals surface area contributed by atoms with Crippen molar-refractivity contribution in [1.29, 1.82) is 0 Å². The molecule has 0 aliphatic heterocycles. The fourth-order valence-corrected chi connectivity index (χ4v) is 0.734. The zero-order valence-electron chi connectivity index (χ0n) is 6.39. The molecule has 1 aromatic heterocycles. The lowest BCUT2D eigenvalue weighted by molar-refractivity contribution is 0.0822. The fourth-order valence-electron chi connectivity index (χ4n) is 0.734. The van der Waals surface area contributed by atoms with E-state index in [0.29, 0.717) is 0 Å². The molecule has 0 aliphatic carbocycles. The van der Waals surface area contributed by atoms with Gasteiger partial charge in [-0.15, -0.1) is 0 Å². The predicted molar refractivity (Wildman–Crippen MR) is 38.8 cm³/mol. The summed E-state index contributed by atoms with van der Waals surface area (Å²) in [5.74, 6) is -0.718. The van der Waals surface area contributed by atoms with Gasteiger partial charge in [0, 0.05) is 14.1 Å². The number of hydrogen-bond donors (Lipinski definition) is 1. The average Bonchev–Trinajstić information content (AvgIpc) is 2.34. The lowest BCUT2D eigenvalue weighted by Gasteiger charge is -2.07. The van der Waals surface area contributed by atoms with Crippen molar-refractivity contribution >= 4 is 5.91 Å². The van der Waals surface area contributed by atoms with Gasteiger partial charge < -0.3 is 9.88 Å². The van der Waals surface area contributed by atoms with Crippen molar-refractivity contribution in [2.45, 2.75) is 0 Å². The van der Waals surface area contributed by atoms with Crippen molar-refractivity contribution in [3.8, 4) is 0 Å². The van der Waals surface area contributed by atoms with Crippen molar-refractivity contribution in [2.75, 3.05) is 14.1 Å². The Bertz CT molecular complexity index is 267. The third-order valence-electron chi connectivity index (χ3n) is 1.29. The second-order valence-electron chi connectivity index (χ2n) is 2.42. The van der Waals surface area contributed by atoms with E-state index in [-0.39, 0.29) is 11.6 Å². The standard InChI is InChI=1S/C7H9FN2O/c1-10(2)7(11)5-3-4-6(8)9-5/h3-4,9H,1-2H3. The number of amides is 1. The maximum atomic E-state index is 12.3. The van der Waals surface area contributed by atoms with Crippen LogP contribution < -0.4 is 0 Å². The quantitative estimate of drug-likeness (QED) is 0.643. The van der Waals surface area contributed by atoms with Crippen LogP contribution in [0.3, 0.4) is 0 Å². The van der Waals surface area contributed by atoms with Crippen molar-refractivity contribution in [3.63, 3.8) is 0 Å². The molecule has 0 radical (unpaired) electrons. The van der Waals surface area contributed by atoms with E-state index in [9.17, 15) is 9.18 Å². The summed E-state index contributed by atoms with van der Waals surface area (Å²) in [7, 11) is 3.22. The highest BCUT2D eigenvalue weighted by atomic mass is 19.1. The summed E-state index contributed by atoms with van der Waals surface area (Å²) in [6.45, 7) is 0. The second kappa shape index (κ2) is 2.74. The summed E-state index contributed by atoms with van der Waals surface area (Å²) in [4.78, 5) is 14.8. The van der Waals surface area contributed by atoms with Gasteiger partial charge in [-0.3, -0.25) is 4.79 Å². The third-order valence-corrected chi connectivity index (χ3v) is 1.29. The topological polar surface area (TPSA) is 36.1 Å². The predicted octanol–water partition coefficient (Wildman–Crippen LogP) is 0.856. The third kappa shape index (κ3) is 1.58. The van der Waals surface area contributed by atoms with Crippen LogP contribution in [0.25, 0.3) is 0 Å². The molecule has 1 N–H and O–H groups in total. The van der Waals surface area contributed by atoms with Gasteiger partial charge in [0.15, 0.2) is 5.95 Å². The molecule has 4 heteroatoms. The maximum absolute atomic E-state index is 12.3. The number of carbonyl (C=O) groups excluding carboxylic acids is 1. The molecule has 0 saturated heterocycles. The van der Waals surface area contributed by atoms with Crippen molar-refractivity contribution in [2.24, 2.45) is 0 Å². The summed E-state index contributed by atoms with van der Waals surface area (Å²) in [6.07, 6.45) is 0. The monoisotopic (exact) mass is 156 g/mol. The molecule has 0 fully saturated rings. The van der Waals surface area contributed by atoms with Gasteiger partial charge in [0.1, 0.15) is 5.69 Å². The molecule has 1 heterocycles. The lowest BCUT2D eigenvalue weighted by atomic mass is 10.4. The Labute approximate surface area is 63.8 Å². The molecule has 1 aromatic rings. The molecule has 0 atom stereocenters. The zero-order chi connectivity index (χ0) is 8.43. The van der Waals surface area contributed by atoms with Crippen LogP contribution in [0.1, 0.15) is 10.5 Å². The van der Waals surface area contributed by atoms with E-state index in [4.69, 9.17) is 0 Å². The molecular formula is C7H9FN2O. The van der Waals surface area contributed by atoms with Gasteiger partial charge in [0.2, 0.25) is 0 Å². The average molecular weight is 156 g/mol. The Hall–Kier alpha value is -1.32. The van der Waals surface area contributed by atoms with Gasteiger partial charge >= 0.3 is 0 Å². The second-order valence-corrected chi connectivity index (χ2v) is 2.42. The summed E-state index contributed by atoms with van der Waals surface area (Å²) < 4.78 is 12.3. The molecule has 0 spiro atoms. The minimum atomic E-state index is -0.491. The highest BCUT2D eigenvalue weighted by Crippen LogP contribution is 2.01. The highest BCUT2D eigenvalue weighted by Gasteiger charge is 2.09. The molecule has 1 amide bonds. The number of rotatable bonds is 1. The van der Waals surface area contributed by atoms with Gasteiger partial charge in [-0.05, 0) is 12.1 Å². The van der Waals surface area contributed by atoms with Crippen molar-refractivity contribution in [1.82, 2.24) is 9.88 Å². The van der Waals surface area contributed by atoms with Crippen LogP contribution in [0, 0.1) is 5.95 Å². The van der Waals surface area contributed by atoms with E-state index in [0.717, 1.165) is 0 Å². The van der Waals surface area contributed by atoms with Crippen molar-refractivity contribution in [3.05, 3.63) is 23.8 Å².